The Kier molecular flexibility index (Phi) is 6.26. The standard InChI is InChI=1S/C26H23FO3/c1-26(2,3)21-11-7-20(8-12-21)25(29)30-23-15-9-19(10-16-23)24(28)17-6-18-4-13-22(27)14-5-18/h4-17H,1-3H3. The Morgan fingerprint density at radius 1 is 0.800 bits per heavy atom. The first-order valence-corrected chi connectivity index (χ1v) is 9.63. The van der Waals surface area contributed by atoms with Crippen LogP contribution in [-0.4, -0.2) is 11.8 Å². The molecule has 0 spiro atoms. The van der Waals surface area contributed by atoms with E-state index in [0.717, 1.165) is 11.1 Å². The van der Waals surface area contributed by atoms with Gasteiger partial charge in [0.15, 0.2) is 5.78 Å². The van der Waals surface area contributed by atoms with E-state index in [2.05, 4.69) is 20.8 Å². The van der Waals surface area contributed by atoms with Crippen LogP contribution in [0.5, 0.6) is 5.75 Å². The molecule has 4 heteroatoms. The number of ketones is 1. The van der Waals surface area contributed by atoms with Gasteiger partial charge in [0.2, 0.25) is 0 Å². The molecule has 3 aromatic carbocycles. The lowest BCUT2D eigenvalue weighted by Gasteiger charge is -2.18. The second-order valence-corrected chi connectivity index (χ2v) is 7.99. The van der Waals surface area contributed by atoms with E-state index in [9.17, 15) is 14.0 Å². The summed E-state index contributed by atoms with van der Waals surface area (Å²) in [7, 11) is 0. The number of benzene rings is 3. The maximum absolute atomic E-state index is 12.9. The summed E-state index contributed by atoms with van der Waals surface area (Å²) in [5.41, 5.74) is 2.80. The van der Waals surface area contributed by atoms with Crippen LogP contribution in [0, 0.1) is 5.82 Å². The first kappa shape index (κ1) is 21.2. The lowest BCUT2D eigenvalue weighted by molar-refractivity contribution is 0.0734. The molecule has 0 unspecified atom stereocenters. The van der Waals surface area contributed by atoms with Gasteiger partial charge >= 0.3 is 5.97 Å². The minimum absolute atomic E-state index is 0.00987. The van der Waals surface area contributed by atoms with Gasteiger partial charge in [0.25, 0.3) is 0 Å². The summed E-state index contributed by atoms with van der Waals surface area (Å²) in [6.07, 6.45) is 3.04. The van der Waals surface area contributed by atoms with Gasteiger partial charge in [-0.3, -0.25) is 4.79 Å². The highest BCUT2D eigenvalue weighted by Gasteiger charge is 2.15. The average Bonchev–Trinajstić information content (AvgIpc) is 2.73. The van der Waals surface area contributed by atoms with E-state index in [4.69, 9.17) is 4.74 Å². The van der Waals surface area contributed by atoms with Crippen LogP contribution >= 0.6 is 0 Å². The SMILES string of the molecule is CC(C)(C)c1ccc(C(=O)Oc2ccc(C(=O)C=Cc3ccc(F)cc3)cc2)cc1. The van der Waals surface area contributed by atoms with Crippen LogP contribution in [0.2, 0.25) is 0 Å². The van der Waals surface area contributed by atoms with E-state index in [-0.39, 0.29) is 17.0 Å². The van der Waals surface area contributed by atoms with Gasteiger partial charge in [-0.05, 0) is 71.1 Å². The molecule has 0 saturated heterocycles. The van der Waals surface area contributed by atoms with Gasteiger partial charge in [-0.15, -0.1) is 0 Å². The Bertz CT molecular complexity index is 1060. The molecule has 0 aliphatic carbocycles. The van der Waals surface area contributed by atoms with Crippen molar-refractivity contribution < 1.29 is 18.7 Å². The summed E-state index contributed by atoms with van der Waals surface area (Å²) in [4.78, 5) is 24.6. The van der Waals surface area contributed by atoms with Gasteiger partial charge in [-0.25, -0.2) is 9.18 Å². The van der Waals surface area contributed by atoms with Crippen molar-refractivity contribution in [3.63, 3.8) is 0 Å². The number of hydrogen-bond acceptors (Lipinski definition) is 3. The third-order valence-corrected chi connectivity index (χ3v) is 4.63. The number of carbonyl (C=O) groups excluding carboxylic acids is 2. The highest BCUT2D eigenvalue weighted by atomic mass is 19.1. The molecule has 3 nitrogen and oxygen atoms in total. The van der Waals surface area contributed by atoms with E-state index in [1.54, 1.807) is 54.6 Å². The highest BCUT2D eigenvalue weighted by molar-refractivity contribution is 6.06. The number of allylic oxidation sites excluding steroid dienone is 1. The van der Waals surface area contributed by atoms with Crippen LogP contribution in [-0.2, 0) is 5.41 Å². The smallest absolute Gasteiger partial charge is 0.343 e. The number of rotatable bonds is 5. The molecule has 0 aliphatic heterocycles. The molecule has 0 fully saturated rings. The number of halogens is 1. The molecule has 152 valence electrons. The third kappa shape index (κ3) is 5.51. The fraction of sp³-hybridized carbons (Fsp3) is 0.154. The monoisotopic (exact) mass is 402 g/mol. The average molecular weight is 402 g/mol. The van der Waals surface area contributed by atoms with E-state index < -0.39 is 5.97 Å². The van der Waals surface area contributed by atoms with Crippen molar-refractivity contribution >= 4 is 17.8 Å². The Balaban J connectivity index is 1.63. The van der Waals surface area contributed by atoms with Gasteiger partial charge in [0.05, 0.1) is 5.56 Å². The van der Waals surface area contributed by atoms with E-state index >= 15 is 0 Å². The maximum atomic E-state index is 12.9. The second-order valence-electron chi connectivity index (χ2n) is 7.99. The molecule has 0 bridgehead atoms. The number of esters is 1. The number of ether oxygens (including phenoxy) is 1. The quantitative estimate of drug-likeness (QED) is 0.220. The lowest BCUT2D eigenvalue weighted by atomic mass is 9.87. The van der Waals surface area contributed by atoms with Crippen molar-refractivity contribution in [2.24, 2.45) is 0 Å². The first-order valence-electron chi connectivity index (χ1n) is 9.63. The highest BCUT2D eigenvalue weighted by Crippen LogP contribution is 2.23. The van der Waals surface area contributed by atoms with E-state index in [1.165, 1.54) is 18.2 Å². The number of carbonyl (C=O) groups is 2. The van der Waals surface area contributed by atoms with Gasteiger partial charge in [-0.1, -0.05) is 51.1 Å². The molecule has 0 aromatic heterocycles. The third-order valence-electron chi connectivity index (χ3n) is 4.63. The minimum Gasteiger partial charge on any atom is -0.423 e. The number of hydrogen-bond donors (Lipinski definition) is 0. The summed E-state index contributed by atoms with van der Waals surface area (Å²) < 4.78 is 18.3. The molecule has 0 heterocycles. The predicted molar refractivity (Wildman–Crippen MR) is 116 cm³/mol. The van der Waals surface area contributed by atoms with Crippen LogP contribution in [0.4, 0.5) is 4.39 Å². The fourth-order valence-corrected chi connectivity index (χ4v) is 2.80. The lowest BCUT2D eigenvalue weighted by Crippen LogP contribution is -2.13. The summed E-state index contributed by atoms with van der Waals surface area (Å²) in [5, 5.41) is 0. The van der Waals surface area contributed by atoms with Crippen LogP contribution in [0.3, 0.4) is 0 Å². The summed E-state index contributed by atoms with van der Waals surface area (Å²) >= 11 is 0. The molecule has 30 heavy (non-hydrogen) atoms. The topological polar surface area (TPSA) is 43.4 Å². The molecular formula is C26H23FO3. The molecule has 0 aliphatic rings. The van der Waals surface area contributed by atoms with Crippen LogP contribution in [0.15, 0.2) is 78.9 Å². The molecule has 0 atom stereocenters. The molecule has 3 aromatic rings. The molecule has 0 saturated carbocycles. The van der Waals surface area contributed by atoms with Crippen molar-refractivity contribution in [3.8, 4) is 5.75 Å². The van der Waals surface area contributed by atoms with Gasteiger partial charge in [-0.2, -0.15) is 0 Å². The van der Waals surface area contributed by atoms with Gasteiger partial charge in [0.1, 0.15) is 11.6 Å². The fourth-order valence-electron chi connectivity index (χ4n) is 2.80. The molecular weight excluding hydrogens is 379 g/mol. The van der Waals surface area contributed by atoms with Crippen LogP contribution in [0.25, 0.3) is 6.08 Å². The molecule has 3 rings (SSSR count). The van der Waals surface area contributed by atoms with Crippen molar-refractivity contribution in [1.29, 1.82) is 0 Å². The van der Waals surface area contributed by atoms with Crippen molar-refractivity contribution in [2.75, 3.05) is 0 Å². The summed E-state index contributed by atoms with van der Waals surface area (Å²) in [6, 6.07) is 19.6. The Morgan fingerprint density at radius 3 is 1.93 bits per heavy atom. The second kappa shape index (κ2) is 8.87. The van der Waals surface area contributed by atoms with E-state index in [1.807, 2.05) is 12.1 Å². The maximum Gasteiger partial charge on any atom is 0.343 e. The summed E-state index contributed by atoms with van der Waals surface area (Å²) in [6.45, 7) is 6.33. The van der Waals surface area contributed by atoms with Gasteiger partial charge in [0, 0.05) is 5.56 Å². The van der Waals surface area contributed by atoms with Crippen LogP contribution < -0.4 is 4.74 Å². The Labute approximate surface area is 175 Å². The predicted octanol–water partition coefficient (Wildman–Crippen LogP) is 6.24. The molecule has 0 N–H and O–H groups in total. The summed E-state index contributed by atoms with van der Waals surface area (Å²) in [5.74, 6) is -0.617. The zero-order valence-corrected chi connectivity index (χ0v) is 17.2. The molecule has 0 amide bonds. The minimum atomic E-state index is -0.453. The Morgan fingerprint density at radius 2 is 1.37 bits per heavy atom. The largest absolute Gasteiger partial charge is 0.423 e. The van der Waals surface area contributed by atoms with Crippen molar-refractivity contribution in [2.45, 2.75) is 26.2 Å². The molecule has 0 radical (unpaired) electrons. The van der Waals surface area contributed by atoms with E-state index in [0.29, 0.717) is 16.9 Å². The van der Waals surface area contributed by atoms with Crippen molar-refractivity contribution in [3.05, 3.63) is 107 Å². The van der Waals surface area contributed by atoms with Crippen LogP contribution in [0.1, 0.15) is 52.6 Å². The van der Waals surface area contributed by atoms with Crippen molar-refractivity contribution in [1.82, 2.24) is 0 Å². The first-order chi connectivity index (χ1) is 14.2. The Hall–Kier alpha value is -3.53. The zero-order valence-electron chi connectivity index (χ0n) is 17.2. The normalized spacial score (nSPS) is 11.5. The van der Waals surface area contributed by atoms with Gasteiger partial charge < -0.3 is 4.74 Å². The zero-order chi connectivity index (χ0) is 21.7.